The summed E-state index contributed by atoms with van der Waals surface area (Å²) in [4.78, 5) is 21.8. The Hall–Kier alpha value is -3.00. The number of benzene rings is 1. The number of fused-ring (bicyclic) bond motifs is 3. The van der Waals surface area contributed by atoms with Gasteiger partial charge in [-0.15, -0.1) is 11.3 Å². The number of thiophene rings is 1. The van der Waals surface area contributed by atoms with Crippen molar-refractivity contribution in [2.24, 2.45) is 5.10 Å². The standard InChI is InChI=1S/C18H16N4O3S/c23-15(24)9-25-13-6-2-1-4-11(13)8-21-22-17-16-12-5-3-7-14(12)26-18(16)20-10-19-17/h1-2,4,6,8,10H,3,5,7,9H2,(H,23,24)(H,19,20,22)/b21-8-. The van der Waals surface area contributed by atoms with Gasteiger partial charge in [0.05, 0.1) is 11.6 Å². The highest BCUT2D eigenvalue weighted by atomic mass is 32.1. The molecule has 2 heterocycles. The summed E-state index contributed by atoms with van der Waals surface area (Å²) in [5.41, 5.74) is 5.01. The second-order valence-corrected chi connectivity index (χ2v) is 6.93. The summed E-state index contributed by atoms with van der Waals surface area (Å²) >= 11 is 1.72. The molecule has 0 radical (unpaired) electrons. The van der Waals surface area contributed by atoms with Gasteiger partial charge < -0.3 is 9.84 Å². The number of anilines is 1. The normalized spacial score (nSPS) is 13.2. The Labute approximate surface area is 153 Å². The van der Waals surface area contributed by atoms with Gasteiger partial charge in [-0.2, -0.15) is 5.10 Å². The van der Waals surface area contributed by atoms with E-state index in [-0.39, 0.29) is 0 Å². The number of rotatable bonds is 6. The first-order valence-electron chi connectivity index (χ1n) is 8.20. The van der Waals surface area contributed by atoms with Crippen molar-refractivity contribution in [3.63, 3.8) is 0 Å². The van der Waals surface area contributed by atoms with E-state index < -0.39 is 12.6 Å². The van der Waals surface area contributed by atoms with Crippen LogP contribution in [0.2, 0.25) is 0 Å². The highest BCUT2D eigenvalue weighted by molar-refractivity contribution is 7.19. The lowest BCUT2D eigenvalue weighted by atomic mass is 10.2. The smallest absolute Gasteiger partial charge is 0.341 e. The maximum absolute atomic E-state index is 10.7. The summed E-state index contributed by atoms with van der Waals surface area (Å²) in [6, 6.07) is 7.13. The van der Waals surface area contributed by atoms with Crippen molar-refractivity contribution < 1.29 is 14.6 Å². The number of hydrogen-bond acceptors (Lipinski definition) is 7. The average Bonchev–Trinajstić information content (AvgIpc) is 3.22. The first-order chi connectivity index (χ1) is 12.7. The minimum absolute atomic E-state index is 0.397. The molecule has 0 bridgehead atoms. The second-order valence-electron chi connectivity index (χ2n) is 5.85. The van der Waals surface area contributed by atoms with Gasteiger partial charge in [-0.3, -0.25) is 5.43 Å². The van der Waals surface area contributed by atoms with Crippen molar-refractivity contribution in [3.8, 4) is 5.75 Å². The van der Waals surface area contributed by atoms with Crippen LogP contribution in [0.25, 0.3) is 10.2 Å². The zero-order valence-corrected chi connectivity index (χ0v) is 14.6. The van der Waals surface area contributed by atoms with Gasteiger partial charge in [0, 0.05) is 10.4 Å². The van der Waals surface area contributed by atoms with E-state index in [2.05, 4.69) is 20.5 Å². The molecule has 7 nitrogen and oxygen atoms in total. The SMILES string of the molecule is O=C(O)COc1ccccc1/C=N\Nc1ncnc2sc3c(c12)CCC3. The van der Waals surface area contributed by atoms with Gasteiger partial charge >= 0.3 is 5.97 Å². The second kappa shape index (κ2) is 7.09. The van der Waals surface area contributed by atoms with Crippen LogP contribution in [-0.4, -0.2) is 33.9 Å². The molecule has 8 heteroatoms. The third kappa shape index (κ3) is 3.23. The predicted octanol–water partition coefficient (Wildman–Crippen LogP) is 3.09. The number of aliphatic carboxylic acids is 1. The Bertz CT molecular complexity index is 999. The number of carbonyl (C=O) groups is 1. The van der Waals surface area contributed by atoms with Gasteiger partial charge in [-0.25, -0.2) is 14.8 Å². The van der Waals surface area contributed by atoms with Crippen molar-refractivity contribution >= 4 is 39.6 Å². The predicted molar refractivity (Wildman–Crippen MR) is 100 cm³/mol. The number of aryl methyl sites for hydroxylation is 2. The number of hydrogen-bond donors (Lipinski definition) is 2. The molecular weight excluding hydrogens is 352 g/mol. The van der Waals surface area contributed by atoms with Crippen LogP contribution < -0.4 is 10.2 Å². The Balaban J connectivity index is 1.57. The first-order valence-corrected chi connectivity index (χ1v) is 9.02. The first kappa shape index (κ1) is 16.5. The lowest BCUT2D eigenvalue weighted by Crippen LogP contribution is -2.10. The quantitative estimate of drug-likeness (QED) is 0.513. The molecule has 132 valence electrons. The Kier molecular flexibility index (Phi) is 4.49. The molecule has 2 N–H and O–H groups in total. The van der Waals surface area contributed by atoms with Crippen molar-refractivity contribution in [1.29, 1.82) is 0 Å². The fourth-order valence-electron chi connectivity index (χ4n) is 3.03. The topological polar surface area (TPSA) is 96.7 Å². The van der Waals surface area contributed by atoms with E-state index in [1.165, 1.54) is 23.2 Å². The lowest BCUT2D eigenvalue weighted by Gasteiger charge is -2.06. The number of nitrogens with zero attached hydrogens (tertiary/aromatic N) is 3. The summed E-state index contributed by atoms with van der Waals surface area (Å²) in [5, 5.41) is 14.1. The van der Waals surface area contributed by atoms with Crippen LogP contribution in [0, 0.1) is 0 Å². The van der Waals surface area contributed by atoms with Crippen molar-refractivity contribution in [2.75, 3.05) is 12.0 Å². The molecule has 0 aliphatic heterocycles. The highest BCUT2D eigenvalue weighted by Gasteiger charge is 2.20. The molecule has 0 amide bonds. The van der Waals surface area contributed by atoms with Crippen LogP contribution in [0.5, 0.6) is 5.75 Å². The van der Waals surface area contributed by atoms with E-state index in [1.54, 1.807) is 35.8 Å². The number of ether oxygens (including phenoxy) is 1. The van der Waals surface area contributed by atoms with Crippen molar-refractivity contribution in [1.82, 2.24) is 9.97 Å². The van der Waals surface area contributed by atoms with Crippen LogP contribution >= 0.6 is 11.3 Å². The number of hydrazone groups is 1. The number of aromatic nitrogens is 2. The van der Waals surface area contributed by atoms with E-state index in [0.29, 0.717) is 17.1 Å². The number of carboxylic acid groups (broad SMARTS) is 1. The van der Waals surface area contributed by atoms with Crippen molar-refractivity contribution in [2.45, 2.75) is 19.3 Å². The molecular formula is C18H16N4O3S. The van der Waals surface area contributed by atoms with Crippen molar-refractivity contribution in [3.05, 3.63) is 46.6 Å². The molecule has 3 aromatic rings. The summed E-state index contributed by atoms with van der Waals surface area (Å²) < 4.78 is 5.28. The maximum Gasteiger partial charge on any atom is 0.341 e. The summed E-state index contributed by atoms with van der Waals surface area (Å²) in [5.74, 6) is 0.129. The highest BCUT2D eigenvalue weighted by Crippen LogP contribution is 2.38. The molecule has 0 atom stereocenters. The largest absolute Gasteiger partial charge is 0.481 e. The van der Waals surface area contributed by atoms with E-state index >= 15 is 0 Å². The number of nitrogens with one attached hydrogen (secondary N) is 1. The number of carboxylic acids is 1. The maximum atomic E-state index is 10.7. The fourth-order valence-corrected chi connectivity index (χ4v) is 4.26. The van der Waals surface area contributed by atoms with Gasteiger partial charge in [0.2, 0.25) is 0 Å². The third-order valence-electron chi connectivity index (χ3n) is 4.15. The van der Waals surface area contributed by atoms with Crippen LogP contribution in [0.4, 0.5) is 5.82 Å². The summed E-state index contributed by atoms with van der Waals surface area (Å²) in [6.07, 6.45) is 6.46. The Morgan fingerprint density at radius 2 is 2.23 bits per heavy atom. The lowest BCUT2D eigenvalue weighted by molar-refractivity contribution is -0.139. The van der Waals surface area contributed by atoms with Crippen LogP contribution in [-0.2, 0) is 17.6 Å². The summed E-state index contributed by atoms with van der Waals surface area (Å²) in [6.45, 7) is -0.397. The molecule has 1 aromatic carbocycles. The average molecular weight is 368 g/mol. The van der Waals surface area contributed by atoms with Gasteiger partial charge in [0.15, 0.2) is 12.4 Å². The van der Waals surface area contributed by atoms with Crippen LogP contribution in [0.3, 0.4) is 0 Å². The van der Waals surface area contributed by atoms with E-state index in [1.807, 2.05) is 6.07 Å². The third-order valence-corrected chi connectivity index (χ3v) is 5.35. The molecule has 26 heavy (non-hydrogen) atoms. The molecule has 0 unspecified atom stereocenters. The van der Waals surface area contributed by atoms with Gasteiger partial charge in [0.25, 0.3) is 0 Å². The fraction of sp³-hybridized carbons (Fsp3) is 0.222. The molecule has 0 saturated heterocycles. The number of para-hydroxylation sites is 1. The molecule has 0 spiro atoms. The molecule has 0 fully saturated rings. The molecule has 2 aromatic heterocycles. The van der Waals surface area contributed by atoms with E-state index in [9.17, 15) is 4.79 Å². The minimum Gasteiger partial charge on any atom is -0.481 e. The Morgan fingerprint density at radius 3 is 3.12 bits per heavy atom. The monoisotopic (exact) mass is 368 g/mol. The minimum atomic E-state index is -1.02. The van der Waals surface area contributed by atoms with Gasteiger partial charge in [-0.05, 0) is 37.0 Å². The van der Waals surface area contributed by atoms with Gasteiger partial charge in [0.1, 0.15) is 16.9 Å². The zero-order valence-electron chi connectivity index (χ0n) is 13.8. The molecule has 4 rings (SSSR count). The van der Waals surface area contributed by atoms with Gasteiger partial charge in [-0.1, -0.05) is 12.1 Å². The summed E-state index contributed by atoms with van der Waals surface area (Å²) in [7, 11) is 0. The Morgan fingerprint density at radius 1 is 1.35 bits per heavy atom. The van der Waals surface area contributed by atoms with E-state index in [4.69, 9.17) is 9.84 Å². The molecule has 1 aliphatic carbocycles. The van der Waals surface area contributed by atoms with E-state index in [0.717, 1.165) is 23.1 Å². The van der Waals surface area contributed by atoms with Crippen LogP contribution in [0.15, 0.2) is 35.7 Å². The van der Waals surface area contributed by atoms with Crippen LogP contribution in [0.1, 0.15) is 22.4 Å². The molecule has 0 saturated carbocycles. The zero-order chi connectivity index (χ0) is 17.9. The molecule has 1 aliphatic rings.